The molecule has 1 unspecified atom stereocenters. The summed E-state index contributed by atoms with van der Waals surface area (Å²) in [6.07, 6.45) is 7.07. The molecule has 98 valence electrons. The Morgan fingerprint density at radius 1 is 1.56 bits per heavy atom. The number of hydrogen-bond donors (Lipinski definition) is 2. The number of nitrogens with zero attached hydrogens (tertiary/aromatic N) is 2. The van der Waals surface area contributed by atoms with Crippen LogP contribution in [-0.2, 0) is 13.0 Å². The number of thiophene rings is 1. The molecule has 0 saturated carbocycles. The van der Waals surface area contributed by atoms with Gasteiger partial charge in [-0.2, -0.15) is 0 Å². The number of aryl methyl sites for hydroxylation is 2. The molecule has 1 atom stereocenters. The molecule has 2 heterocycles. The smallest absolute Gasteiger partial charge is 0.127 e. The molecule has 0 aromatic carbocycles. The van der Waals surface area contributed by atoms with Crippen LogP contribution in [-0.4, -0.2) is 9.55 Å². The van der Waals surface area contributed by atoms with E-state index in [-0.39, 0.29) is 6.04 Å². The van der Waals surface area contributed by atoms with E-state index in [1.54, 1.807) is 0 Å². The zero-order valence-corrected chi connectivity index (χ0v) is 11.5. The van der Waals surface area contributed by atoms with Gasteiger partial charge >= 0.3 is 0 Å². The topological polar surface area (TPSA) is 55.9 Å². The van der Waals surface area contributed by atoms with E-state index >= 15 is 0 Å². The predicted octanol–water partition coefficient (Wildman–Crippen LogP) is 2.49. The summed E-state index contributed by atoms with van der Waals surface area (Å²) in [5.74, 6) is 6.68. The minimum absolute atomic E-state index is 0.139. The van der Waals surface area contributed by atoms with Crippen molar-refractivity contribution in [2.75, 3.05) is 0 Å². The van der Waals surface area contributed by atoms with Crippen LogP contribution in [0.2, 0.25) is 0 Å². The van der Waals surface area contributed by atoms with Crippen LogP contribution in [0.5, 0.6) is 0 Å². The second-order valence-corrected chi connectivity index (χ2v) is 5.29. The number of hydrogen-bond acceptors (Lipinski definition) is 4. The SMILES string of the molecule is CCn1ccnc1C(CCCc1cccs1)NN. The quantitative estimate of drug-likeness (QED) is 0.597. The van der Waals surface area contributed by atoms with Crippen molar-refractivity contribution < 1.29 is 0 Å². The van der Waals surface area contributed by atoms with E-state index < -0.39 is 0 Å². The van der Waals surface area contributed by atoms with Gasteiger partial charge in [-0.25, -0.2) is 10.4 Å². The number of nitrogens with one attached hydrogen (secondary N) is 1. The van der Waals surface area contributed by atoms with Crippen molar-refractivity contribution in [2.45, 2.75) is 38.8 Å². The molecule has 3 N–H and O–H groups in total. The standard InChI is InChI=1S/C13H20N4S/c1-2-17-9-8-15-13(17)12(16-14)7-3-5-11-6-4-10-18-11/h4,6,8-10,12,16H,2-3,5,7,14H2,1H3. The third-order valence-electron chi connectivity index (χ3n) is 3.10. The Balaban J connectivity index is 1.89. The van der Waals surface area contributed by atoms with Crippen molar-refractivity contribution in [1.82, 2.24) is 15.0 Å². The lowest BCUT2D eigenvalue weighted by Gasteiger charge is -2.16. The average Bonchev–Trinajstić information content (AvgIpc) is 3.05. The zero-order chi connectivity index (χ0) is 12.8. The van der Waals surface area contributed by atoms with E-state index in [0.29, 0.717) is 0 Å². The highest BCUT2D eigenvalue weighted by molar-refractivity contribution is 7.09. The highest BCUT2D eigenvalue weighted by atomic mass is 32.1. The molecule has 2 rings (SSSR count). The van der Waals surface area contributed by atoms with Gasteiger partial charge in [-0.1, -0.05) is 6.07 Å². The molecule has 0 aliphatic carbocycles. The average molecular weight is 264 g/mol. The molecular formula is C13H20N4S. The molecular weight excluding hydrogens is 244 g/mol. The maximum absolute atomic E-state index is 5.65. The Morgan fingerprint density at radius 2 is 2.44 bits per heavy atom. The summed E-state index contributed by atoms with van der Waals surface area (Å²) < 4.78 is 2.13. The summed E-state index contributed by atoms with van der Waals surface area (Å²) in [5, 5.41) is 2.12. The van der Waals surface area contributed by atoms with E-state index in [0.717, 1.165) is 31.6 Å². The Labute approximate surface area is 112 Å². The first-order valence-corrected chi connectivity index (χ1v) is 7.22. The lowest BCUT2D eigenvalue weighted by molar-refractivity contribution is 0.457. The maximum atomic E-state index is 5.65. The van der Waals surface area contributed by atoms with E-state index in [1.807, 2.05) is 23.7 Å². The van der Waals surface area contributed by atoms with Gasteiger partial charge in [0.2, 0.25) is 0 Å². The van der Waals surface area contributed by atoms with Crippen LogP contribution in [0.25, 0.3) is 0 Å². The Bertz CT molecular complexity index is 449. The van der Waals surface area contributed by atoms with Crippen molar-refractivity contribution in [3.05, 3.63) is 40.6 Å². The van der Waals surface area contributed by atoms with Gasteiger partial charge in [0.15, 0.2) is 0 Å². The molecule has 18 heavy (non-hydrogen) atoms. The largest absolute Gasteiger partial charge is 0.334 e. The van der Waals surface area contributed by atoms with Crippen LogP contribution in [0.4, 0.5) is 0 Å². The van der Waals surface area contributed by atoms with Crippen molar-refractivity contribution >= 4 is 11.3 Å². The van der Waals surface area contributed by atoms with Crippen molar-refractivity contribution in [3.63, 3.8) is 0 Å². The molecule has 2 aromatic rings. The zero-order valence-electron chi connectivity index (χ0n) is 10.7. The number of rotatable bonds is 7. The highest BCUT2D eigenvalue weighted by Crippen LogP contribution is 2.19. The van der Waals surface area contributed by atoms with Crippen molar-refractivity contribution in [3.8, 4) is 0 Å². The third-order valence-corrected chi connectivity index (χ3v) is 4.03. The maximum Gasteiger partial charge on any atom is 0.127 e. The summed E-state index contributed by atoms with van der Waals surface area (Å²) in [6, 6.07) is 4.42. The fraction of sp³-hybridized carbons (Fsp3) is 0.462. The summed E-state index contributed by atoms with van der Waals surface area (Å²) in [4.78, 5) is 5.83. The van der Waals surface area contributed by atoms with Crippen LogP contribution in [0.3, 0.4) is 0 Å². The van der Waals surface area contributed by atoms with E-state index in [4.69, 9.17) is 5.84 Å². The van der Waals surface area contributed by atoms with Gasteiger partial charge in [-0.05, 0) is 37.6 Å². The molecule has 2 aromatic heterocycles. The lowest BCUT2D eigenvalue weighted by atomic mass is 10.1. The van der Waals surface area contributed by atoms with Crippen LogP contribution >= 0.6 is 11.3 Å². The Morgan fingerprint density at radius 3 is 3.11 bits per heavy atom. The number of hydrazine groups is 1. The first-order valence-electron chi connectivity index (χ1n) is 6.34. The van der Waals surface area contributed by atoms with Gasteiger partial charge in [-0.3, -0.25) is 5.84 Å². The molecule has 0 radical (unpaired) electrons. The molecule has 4 nitrogen and oxygen atoms in total. The lowest BCUT2D eigenvalue weighted by Crippen LogP contribution is -2.30. The Hall–Kier alpha value is -1.17. The second kappa shape index (κ2) is 6.68. The van der Waals surface area contributed by atoms with Crippen molar-refractivity contribution in [1.29, 1.82) is 0 Å². The highest BCUT2D eigenvalue weighted by Gasteiger charge is 2.14. The summed E-state index contributed by atoms with van der Waals surface area (Å²) in [7, 11) is 0. The van der Waals surface area contributed by atoms with Gasteiger partial charge < -0.3 is 4.57 Å². The van der Waals surface area contributed by atoms with Gasteiger partial charge in [0.05, 0.1) is 6.04 Å². The molecule has 0 amide bonds. The van der Waals surface area contributed by atoms with E-state index in [1.165, 1.54) is 4.88 Å². The second-order valence-electron chi connectivity index (χ2n) is 4.26. The Kier molecular flexibility index (Phi) is 4.92. The summed E-state index contributed by atoms with van der Waals surface area (Å²) >= 11 is 1.81. The normalized spacial score (nSPS) is 12.8. The molecule has 0 bridgehead atoms. The van der Waals surface area contributed by atoms with Crippen molar-refractivity contribution in [2.24, 2.45) is 5.84 Å². The van der Waals surface area contributed by atoms with Gasteiger partial charge in [-0.15, -0.1) is 11.3 Å². The first-order chi connectivity index (χ1) is 8.85. The number of aromatic nitrogens is 2. The summed E-state index contributed by atoms with van der Waals surface area (Å²) in [6.45, 7) is 3.04. The molecule has 5 heteroatoms. The fourth-order valence-electron chi connectivity index (χ4n) is 2.12. The van der Waals surface area contributed by atoms with Crippen LogP contribution in [0, 0.1) is 0 Å². The van der Waals surface area contributed by atoms with Gasteiger partial charge in [0, 0.05) is 23.8 Å². The minimum atomic E-state index is 0.139. The molecule has 0 saturated heterocycles. The molecule has 0 aliphatic rings. The van der Waals surface area contributed by atoms with E-state index in [9.17, 15) is 0 Å². The van der Waals surface area contributed by atoms with Crippen LogP contribution < -0.4 is 11.3 Å². The minimum Gasteiger partial charge on any atom is -0.334 e. The number of nitrogens with two attached hydrogens (primary N) is 1. The van der Waals surface area contributed by atoms with Gasteiger partial charge in [0.1, 0.15) is 5.82 Å². The van der Waals surface area contributed by atoms with Crippen LogP contribution in [0.15, 0.2) is 29.9 Å². The molecule has 0 spiro atoms. The fourth-order valence-corrected chi connectivity index (χ4v) is 2.87. The van der Waals surface area contributed by atoms with E-state index in [2.05, 4.69) is 39.4 Å². The third kappa shape index (κ3) is 3.19. The monoisotopic (exact) mass is 264 g/mol. The predicted molar refractivity (Wildman–Crippen MR) is 75.2 cm³/mol. The number of imidazole rings is 1. The summed E-state index contributed by atoms with van der Waals surface area (Å²) in [5.41, 5.74) is 2.88. The first kappa shape index (κ1) is 13.3. The molecule has 0 fully saturated rings. The van der Waals surface area contributed by atoms with Crippen LogP contribution in [0.1, 0.15) is 36.5 Å². The van der Waals surface area contributed by atoms with Gasteiger partial charge in [0.25, 0.3) is 0 Å². The molecule has 0 aliphatic heterocycles.